The van der Waals surface area contributed by atoms with Crippen LogP contribution in [0, 0.1) is 0 Å². The molecule has 0 fully saturated rings. The highest BCUT2D eigenvalue weighted by Gasteiger charge is 2.34. The van der Waals surface area contributed by atoms with Gasteiger partial charge in [-0.3, -0.25) is 14.4 Å². The molecule has 0 spiro atoms. The molecule has 0 aliphatic rings. The summed E-state index contributed by atoms with van der Waals surface area (Å²) in [5, 5.41) is 10.5. The number of carbonyl (C=O) groups is 1. The highest BCUT2D eigenvalue weighted by atomic mass is 32.2. The van der Waals surface area contributed by atoms with E-state index in [1.54, 1.807) is 0 Å². The molecule has 33 heavy (non-hydrogen) atoms. The van der Waals surface area contributed by atoms with Crippen LogP contribution < -0.4 is 9.62 Å². The number of anilines is 2. The normalized spacial score (nSPS) is 12.9. The maximum Gasteiger partial charge on any atom is 0.416 e. The first-order valence-electron chi connectivity index (χ1n) is 9.43. The number of alkyl halides is 3. The monoisotopic (exact) mass is 516 g/mol. The first-order chi connectivity index (χ1) is 15.4. The first kappa shape index (κ1) is 25.0. The van der Waals surface area contributed by atoms with E-state index in [1.807, 2.05) is 30.3 Å². The predicted octanol–water partition coefficient (Wildman–Crippen LogP) is 4.64. The van der Waals surface area contributed by atoms with Gasteiger partial charge < -0.3 is 0 Å². The van der Waals surface area contributed by atoms with Crippen LogP contribution in [0.5, 0.6) is 0 Å². The summed E-state index contributed by atoms with van der Waals surface area (Å²) >= 11 is 2.53. The lowest BCUT2D eigenvalue weighted by atomic mass is 10.2. The summed E-state index contributed by atoms with van der Waals surface area (Å²) in [7, 11) is -4.08. The summed E-state index contributed by atoms with van der Waals surface area (Å²) in [5.74, 6) is -0.106. The Hall–Kier alpha value is -2.64. The molecule has 3 rings (SSSR count). The van der Waals surface area contributed by atoms with E-state index in [4.69, 9.17) is 0 Å². The van der Waals surface area contributed by atoms with Crippen molar-refractivity contribution < 1.29 is 26.4 Å². The van der Waals surface area contributed by atoms with Crippen LogP contribution in [0.2, 0.25) is 0 Å². The first-order valence-corrected chi connectivity index (χ1v) is 13.1. The topological polar surface area (TPSA) is 92.3 Å². The zero-order chi connectivity index (χ0) is 24.2. The maximum absolute atomic E-state index is 13.1. The van der Waals surface area contributed by atoms with E-state index in [-0.39, 0.29) is 10.8 Å². The number of carbonyl (C=O) groups excluding carboxylic acids is 1. The van der Waals surface area contributed by atoms with Crippen molar-refractivity contribution in [3.05, 3.63) is 65.7 Å². The van der Waals surface area contributed by atoms with Crippen LogP contribution >= 0.6 is 23.1 Å². The van der Waals surface area contributed by atoms with Crippen molar-refractivity contribution in [2.75, 3.05) is 15.9 Å². The Kier molecular flexibility index (Phi) is 7.65. The largest absolute Gasteiger partial charge is 0.416 e. The lowest BCUT2D eigenvalue weighted by Crippen LogP contribution is -2.45. The lowest BCUT2D eigenvalue weighted by molar-refractivity contribution is -0.137. The molecule has 1 N–H and O–H groups in total. The van der Waals surface area contributed by atoms with Gasteiger partial charge >= 0.3 is 6.18 Å². The van der Waals surface area contributed by atoms with Gasteiger partial charge in [0, 0.05) is 5.75 Å². The fourth-order valence-electron chi connectivity index (χ4n) is 2.88. The number of nitrogens with zero attached hydrogens (tertiary/aromatic N) is 3. The Morgan fingerprint density at radius 3 is 2.48 bits per heavy atom. The molecule has 1 atom stereocenters. The zero-order valence-electron chi connectivity index (χ0n) is 17.4. The number of rotatable bonds is 8. The number of thioether (sulfide) groups is 1. The van der Waals surface area contributed by atoms with Gasteiger partial charge in [-0.15, -0.1) is 10.2 Å². The fourth-order valence-corrected chi connectivity index (χ4v) is 5.75. The average molecular weight is 517 g/mol. The molecular weight excluding hydrogens is 497 g/mol. The van der Waals surface area contributed by atoms with Crippen LogP contribution in [-0.2, 0) is 26.7 Å². The number of sulfonamides is 1. The van der Waals surface area contributed by atoms with Crippen molar-refractivity contribution in [2.24, 2.45) is 0 Å². The summed E-state index contributed by atoms with van der Waals surface area (Å²) in [6, 6.07) is 12.1. The van der Waals surface area contributed by atoms with Gasteiger partial charge in [0.05, 0.1) is 17.5 Å². The van der Waals surface area contributed by atoms with Gasteiger partial charge in [0.2, 0.25) is 21.1 Å². The number of hydrogen-bond acceptors (Lipinski definition) is 7. The molecule has 0 radical (unpaired) electrons. The fraction of sp³-hybridized carbons (Fsp3) is 0.250. The van der Waals surface area contributed by atoms with Gasteiger partial charge in [-0.2, -0.15) is 13.2 Å². The number of benzene rings is 2. The van der Waals surface area contributed by atoms with Gasteiger partial charge in [-0.05, 0) is 30.7 Å². The highest BCUT2D eigenvalue weighted by Crippen LogP contribution is 2.33. The quantitative estimate of drug-likeness (QED) is 0.346. The lowest BCUT2D eigenvalue weighted by Gasteiger charge is -2.28. The van der Waals surface area contributed by atoms with E-state index in [2.05, 4.69) is 15.5 Å². The van der Waals surface area contributed by atoms with Crippen molar-refractivity contribution >= 4 is 49.8 Å². The van der Waals surface area contributed by atoms with E-state index < -0.39 is 33.7 Å². The number of halogens is 3. The highest BCUT2D eigenvalue weighted by molar-refractivity contribution is 8.00. The van der Waals surface area contributed by atoms with Crippen LogP contribution in [-0.4, -0.2) is 36.8 Å². The third-order valence-electron chi connectivity index (χ3n) is 4.36. The van der Waals surface area contributed by atoms with E-state index in [1.165, 1.54) is 24.8 Å². The molecular formula is C20H19F3N4O3S3. The smallest absolute Gasteiger partial charge is 0.299 e. The summed E-state index contributed by atoms with van der Waals surface area (Å²) in [5.41, 5.74) is -0.210. The van der Waals surface area contributed by atoms with E-state index >= 15 is 0 Å². The van der Waals surface area contributed by atoms with Crippen LogP contribution in [0.1, 0.15) is 18.1 Å². The number of hydrogen-bond donors (Lipinski definition) is 1. The van der Waals surface area contributed by atoms with Gasteiger partial charge in [0.1, 0.15) is 6.04 Å². The van der Waals surface area contributed by atoms with Crippen LogP contribution in [0.3, 0.4) is 0 Å². The second-order valence-corrected chi connectivity index (χ2v) is 11.0. The van der Waals surface area contributed by atoms with Gasteiger partial charge in [-0.1, -0.05) is 59.5 Å². The Bertz CT molecular complexity index is 1220. The second kappa shape index (κ2) is 10.1. The average Bonchev–Trinajstić information content (AvgIpc) is 3.19. The van der Waals surface area contributed by atoms with Crippen molar-refractivity contribution in [1.82, 2.24) is 10.2 Å². The molecule has 1 aromatic heterocycles. The second-order valence-electron chi connectivity index (χ2n) is 6.92. The SMILES string of the molecule is C[C@H](C(=O)Nc1nnc(SCc2ccccc2)s1)N(c1cccc(C(F)(F)F)c1)S(C)(=O)=O. The molecule has 0 aliphatic heterocycles. The van der Waals surface area contributed by atoms with Crippen molar-refractivity contribution in [3.8, 4) is 0 Å². The molecule has 1 amide bonds. The van der Waals surface area contributed by atoms with Crippen molar-refractivity contribution in [2.45, 2.75) is 29.2 Å². The van der Waals surface area contributed by atoms with Crippen molar-refractivity contribution in [1.29, 1.82) is 0 Å². The molecule has 13 heteroatoms. The predicted molar refractivity (Wildman–Crippen MR) is 123 cm³/mol. The zero-order valence-corrected chi connectivity index (χ0v) is 19.9. The molecule has 3 aromatic rings. The third-order valence-corrected chi connectivity index (χ3v) is 7.64. The van der Waals surface area contributed by atoms with Crippen molar-refractivity contribution in [3.63, 3.8) is 0 Å². The Morgan fingerprint density at radius 2 is 1.85 bits per heavy atom. The molecule has 7 nitrogen and oxygen atoms in total. The minimum Gasteiger partial charge on any atom is -0.299 e. The van der Waals surface area contributed by atoms with Gasteiger partial charge in [-0.25, -0.2) is 8.42 Å². The molecule has 176 valence electrons. The summed E-state index contributed by atoms with van der Waals surface area (Å²) in [6.45, 7) is 1.28. The summed E-state index contributed by atoms with van der Waals surface area (Å²) in [6.07, 6.45) is -3.84. The summed E-state index contributed by atoms with van der Waals surface area (Å²) < 4.78 is 65.2. The molecule has 0 saturated carbocycles. The van der Waals surface area contributed by atoms with E-state index in [0.29, 0.717) is 20.5 Å². The maximum atomic E-state index is 13.1. The minimum atomic E-state index is -4.66. The Morgan fingerprint density at radius 1 is 1.15 bits per heavy atom. The Labute approximate surface area is 197 Å². The van der Waals surface area contributed by atoms with E-state index in [9.17, 15) is 26.4 Å². The van der Waals surface area contributed by atoms with E-state index in [0.717, 1.165) is 35.3 Å². The van der Waals surface area contributed by atoms with Crippen LogP contribution in [0.25, 0.3) is 0 Å². The van der Waals surface area contributed by atoms with Gasteiger partial charge in [0.15, 0.2) is 4.34 Å². The standard InChI is InChI=1S/C20H19F3N4O3S3/c1-13(27(33(2,29)30)16-10-6-9-15(11-16)20(21,22)23)17(28)24-18-25-26-19(32-18)31-12-14-7-4-3-5-8-14/h3-11,13H,12H2,1-2H3,(H,24,25,28)/t13-/m1/s1. The molecule has 1 heterocycles. The number of nitrogens with one attached hydrogen (secondary N) is 1. The Balaban J connectivity index is 1.74. The van der Waals surface area contributed by atoms with Crippen LogP contribution in [0.15, 0.2) is 58.9 Å². The molecule has 0 bridgehead atoms. The van der Waals surface area contributed by atoms with Gasteiger partial charge in [0.25, 0.3) is 0 Å². The number of aromatic nitrogens is 2. The third kappa shape index (κ3) is 6.68. The number of amides is 1. The molecule has 2 aromatic carbocycles. The molecule has 0 saturated heterocycles. The van der Waals surface area contributed by atoms with Crippen LogP contribution in [0.4, 0.5) is 24.0 Å². The molecule has 0 unspecified atom stereocenters. The minimum absolute atomic E-state index is 0.153. The summed E-state index contributed by atoms with van der Waals surface area (Å²) in [4.78, 5) is 12.7. The molecule has 0 aliphatic carbocycles.